The summed E-state index contributed by atoms with van der Waals surface area (Å²) in [6, 6.07) is 5.34. The molecular formula is C7H5Br2NO2. The fourth-order valence-corrected chi connectivity index (χ4v) is 1.58. The molecule has 0 unspecified atom stereocenters. The van der Waals surface area contributed by atoms with Crippen molar-refractivity contribution in [3.63, 3.8) is 0 Å². The van der Waals surface area contributed by atoms with E-state index in [0.717, 1.165) is 8.95 Å². The Balaban J connectivity index is 2.97. The largest absolute Gasteiger partial charge is 0.264 e. The summed E-state index contributed by atoms with van der Waals surface area (Å²) in [5, 5.41) is 10.2. The average Bonchev–Trinajstić information content (AvgIpc) is 1.96. The highest BCUT2D eigenvalue weighted by molar-refractivity contribution is 9.11. The van der Waals surface area contributed by atoms with Crippen LogP contribution < -0.4 is 0 Å². The molecule has 0 aromatic heterocycles. The van der Waals surface area contributed by atoms with E-state index in [1.165, 1.54) is 0 Å². The van der Waals surface area contributed by atoms with E-state index in [1.807, 2.05) is 6.07 Å². The first-order valence-electron chi connectivity index (χ1n) is 3.15. The van der Waals surface area contributed by atoms with Gasteiger partial charge < -0.3 is 0 Å². The van der Waals surface area contributed by atoms with Crippen LogP contribution in [0, 0.1) is 10.1 Å². The Labute approximate surface area is 86.2 Å². The monoisotopic (exact) mass is 293 g/mol. The SMILES string of the molecule is O=[N+]([O-])Cc1cc(Br)ccc1Br. The van der Waals surface area contributed by atoms with E-state index >= 15 is 0 Å². The summed E-state index contributed by atoms with van der Waals surface area (Å²) in [6.45, 7) is -0.153. The predicted octanol–water partition coefficient (Wildman–Crippen LogP) is 2.99. The van der Waals surface area contributed by atoms with Crippen molar-refractivity contribution < 1.29 is 4.92 Å². The fraction of sp³-hybridized carbons (Fsp3) is 0.143. The third-order valence-electron chi connectivity index (χ3n) is 1.31. The molecule has 0 aliphatic rings. The Morgan fingerprint density at radius 3 is 2.67 bits per heavy atom. The molecule has 0 bridgehead atoms. The van der Waals surface area contributed by atoms with Gasteiger partial charge in [0.1, 0.15) is 0 Å². The second-order valence-electron chi connectivity index (χ2n) is 2.23. The molecule has 64 valence electrons. The molecule has 0 saturated heterocycles. The zero-order valence-corrected chi connectivity index (χ0v) is 9.13. The molecular weight excluding hydrogens is 290 g/mol. The number of nitro groups is 1. The van der Waals surface area contributed by atoms with Gasteiger partial charge in [0.05, 0.1) is 0 Å². The first-order chi connectivity index (χ1) is 5.59. The molecule has 0 amide bonds. The van der Waals surface area contributed by atoms with Gasteiger partial charge in [-0.1, -0.05) is 31.9 Å². The Morgan fingerprint density at radius 2 is 2.08 bits per heavy atom. The number of hydrogen-bond donors (Lipinski definition) is 0. The van der Waals surface area contributed by atoms with Crippen LogP contribution in [-0.4, -0.2) is 4.92 Å². The van der Waals surface area contributed by atoms with Gasteiger partial charge in [0, 0.05) is 19.4 Å². The molecule has 0 spiro atoms. The first kappa shape index (κ1) is 9.67. The molecule has 1 aromatic carbocycles. The zero-order valence-electron chi connectivity index (χ0n) is 5.96. The topological polar surface area (TPSA) is 43.1 Å². The van der Waals surface area contributed by atoms with Crippen LogP contribution in [0.1, 0.15) is 5.56 Å². The number of benzene rings is 1. The first-order valence-corrected chi connectivity index (χ1v) is 4.74. The number of halogens is 2. The Morgan fingerprint density at radius 1 is 1.42 bits per heavy atom. The lowest BCUT2D eigenvalue weighted by Crippen LogP contribution is -1.98. The number of hydrogen-bond acceptors (Lipinski definition) is 2. The minimum absolute atomic E-state index is 0.153. The van der Waals surface area contributed by atoms with Crippen molar-refractivity contribution in [3.8, 4) is 0 Å². The summed E-state index contributed by atoms with van der Waals surface area (Å²) in [4.78, 5) is 9.85. The van der Waals surface area contributed by atoms with Gasteiger partial charge in [-0.05, 0) is 18.2 Å². The van der Waals surface area contributed by atoms with Crippen molar-refractivity contribution in [2.24, 2.45) is 0 Å². The van der Waals surface area contributed by atoms with Crippen LogP contribution in [0.5, 0.6) is 0 Å². The van der Waals surface area contributed by atoms with Crippen LogP contribution in [0.3, 0.4) is 0 Å². The van der Waals surface area contributed by atoms with E-state index in [0.29, 0.717) is 5.56 Å². The lowest BCUT2D eigenvalue weighted by atomic mass is 10.2. The Kier molecular flexibility index (Phi) is 3.22. The van der Waals surface area contributed by atoms with E-state index in [-0.39, 0.29) is 11.5 Å². The van der Waals surface area contributed by atoms with E-state index in [4.69, 9.17) is 0 Å². The smallest absolute Gasteiger partial charge is 0.230 e. The molecule has 1 rings (SSSR count). The lowest BCUT2D eigenvalue weighted by Gasteiger charge is -1.99. The van der Waals surface area contributed by atoms with Gasteiger partial charge in [-0.15, -0.1) is 0 Å². The predicted molar refractivity (Wildman–Crippen MR) is 52.5 cm³/mol. The zero-order chi connectivity index (χ0) is 9.14. The van der Waals surface area contributed by atoms with Gasteiger partial charge in [0.2, 0.25) is 6.54 Å². The normalized spacial score (nSPS) is 9.83. The number of nitrogens with zero attached hydrogens (tertiary/aromatic N) is 1. The summed E-state index contributed by atoms with van der Waals surface area (Å²) in [5.74, 6) is 0. The van der Waals surface area contributed by atoms with Gasteiger partial charge >= 0.3 is 0 Å². The summed E-state index contributed by atoms with van der Waals surface area (Å²) in [5.41, 5.74) is 0.675. The molecule has 3 nitrogen and oxygen atoms in total. The molecule has 0 aliphatic heterocycles. The van der Waals surface area contributed by atoms with Gasteiger partial charge in [0.25, 0.3) is 0 Å². The van der Waals surface area contributed by atoms with Crippen molar-refractivity contribution in [2.45, 2.75) is 6.54 Å². The van der Waals surface area contributed by atoms with E-state index in [1.54, 1.807) is 12.1 Å². The van der Waals surface area contributed by atoms with Crippen molar-refractivity contribution in [1.29, 1.82) is 0 Å². The molecule has 12 heavy (non-hydrogen) atoms. The maximum atomic E-state index is 10.2. The van der Waals surface area contributed by atoms with Gasteiger partial charge in [-0.3, -0.25) is 10.1 Å². The molecule has 0 heterocycles. The molecule has 0 saturated carbocycles. The van der Waals surface area contributed by atoms with Gasteiger partial charge in [-0.25, -0.2) is 0 Å². The van der Waals surface area contributed by atoms with Crippen LogP contribution >= 0.6 is 31.9 Å². The molecule has 1 aromatic rings. The van der Waals surface area contributed by atoms with E-state index in [2.05, 4.69) is 31.9 Å². The minimum Gasteiger partial charge on any atom is -0.264 e. The molecule has 0 radical (unpaired) electrons. The molecule has 0 aliphatic carbocycles. The lowest BCUT2D eigenvalue weighted by molar-refractivity contribution is -0.497. The van der Waals surface area contributed by atoms with Crippen LogP contribution in [0.2, 0.25) is 0 Å². The second kappa shape index (κ2) is 4.00. The van der Waals surface area contributed by atoms with Crippen molar-refractivity contribution in [1.82, 2.24) is 0 Å². The maximum Gasteiger partial charge on any atom is 0.230 e. The summed E-state index contributed by atoms with van der Waals surface area (Å²) in [7, 11) is 0. The van der Waals surface area contributed by atoms with Crippen LogP contribution in [0.15, 0.2) is 27.1 Å². The highest BCUT2D eigenvalue weighted by atomic mass is 79.9. The van der Waals surface area contributed by atoms with Crippen LogP contribution in [0.4, 0.5) is 0 Å². The molecule has 0 N–H and O–H groups in total. The van der Waals surface area contributed by atoms with Crippen molar-refractivity contribution in [2.75, 3.05) is 0 Å². The Bertz CT molecular complexity index is 314. The Hall–Kier alpha value is -0.420. The highest BCUT2D eigenvalue weighted by Gasteiger charge is 2.06. The third-order valence-corrected chi connectivity index (χ3v) is 2.57. The minimum atomic E-state index is -0.355. The summed E-state index contributed by atoms with van der Waals surface area (Å²) in [6.07, 6.45) is 0. The highest BCUT2D eigenvalue weighted by Crippen LogP contribution is 2.21. The van der Waals surface area contributed by atoms with Crippen molar-refractivity contribution >= 4 is 31.9 Å². The molecule has 5 heteroatoms. The maximum absolute atomic E-state index is 10.2. The standard InChI is InChI=1S/C7H5Br2NO2/c8-6-1-2-7(9)5(3-6)4-10(11)12/h1-3H,4H2. The summed E-state index contributed by atoms with van der Waals surface area (Å²) < 4.78 is 1.62. The fourth-order valence-electron chi connectivity index (χ4n) is 0.804. The molecule has 0 fully saturated rings. The van der Waals surface area contributed by atoms with Gasteiger partial charge in [-0.2, -0.15) is 0 Å². The van der Waals surface area contributed by atoms with Crippen LogP contribution in [0.25, 0.3) is 0 Å². The number of rotatable bonds is 2. The second-order valence-corrected chi connectivity index (χ2v) is 4.00. The van der Waals surface area contributed by atoms with E-state index in [9.17, 15) is 10.1 Å². The average molecular weight is 295 g/mol. The van der Waals surface area contributed by atoms with Crippen molar-refractivity contribution in [3.05, 3.63) is 42.8 Å². The quantitative estimate of drug-likeness (QED) is 0.622. The van der Waals surface area contributed by atoms with E-state index < -0.39 is 0 Å². The van der Waals surface area contributed by atoms with Gasteiger partial charge in [0.15, 0.2) is 0 Å². The third kappa shape index (κ3) is 2.57. The van der Waals surface area contributed by atoms with Crippen LogP contribution in [-0.2, 0) is 6.54 Å². The summed E-state index contributed by atoms with van der Waals surface area (Å²) >= 11 is 6.48. The molecule has 0 atom stereocenters.